The zero-order valence-corrected chi connectivity index (χ0v) is 16.7. The van der Waals surface area contributed by atoms with Crippen molar-refractivity contribution in [2.75, 3.05) is 18.4 Å². The van der Waals surface area contributed by atoms with Crippen molar-refractivity contribution in [3.05, 3.63) is 11.6 Å². The Morgan fingerprint density at radius 1 is 1.22 bits per heavy atom. The average molecular weight is 393 g/mol. The van der Waals surface area contributed by atoms with Gasteiger partial charge in [-0.3, -0.25) is 0 Å². The van der Waals surface area contributed by atoms with Crippen molar-refractivity contribution in [1.29, 1.82) is 0 Å². The molecule has 2 aliphatic rings. The first kappa shape index (κ1) is 18.3. The van der Waals surface area contributed by atoms with E-state index in [0.717, 1.165) is 36.8 Å². The van der Waals surface area contributed by atoms with Gasteiger partial charge in [-0.1, -0.05) is 0 Å². The van der Waals surface area contributed by atoms with Gasteiger partial charge in [-0.25, -0.2) is 9.78 Å². The number of hydrogen-bond donors (Lipinski definition) is 1. The number of ether oxygens (including phenoxy) is 1. The van der Waals surface area contributed by atoms with Gasteiger partial charge >= 0.3 is 6.09 Å². The predicted octanol–water partition coefficient (Wildman–Crippen LogP) is 3.63. The number of nitrogens with zero attached hydrogens (tertiary/aromatic N) is 5. The molecule has 1 amide bonds. The molecule has 2 aromatic rings. The van der Waals surface area contributed by atoms with Gasteiger partial charge in [0.15, 0.2) is 17.0 Å². The fraction of sp³-hybridized carbons (Fsp3) is 0.667. The van der Waals surface area contributed by atoms with E-state index in [1.54, 1.807) is 4.90 Å². The Bertz CT molecular complexity index is 849. The number of anilines is 1. The van der Waals surface area contributed by atoms with Crippen LogP contribution in [0.5, 0.6) is 0 Å². The number of piperidine rings is 1. The van der Waals surface area contributed by atoms with Gasteiger partial charge in [-0.2, -0.15) is 9.97 Å². The number of carbonyl (C=O) groups is 1. The molecule has 0 radical (unpaired) electrons. The van der Waals surface area contributed by atoms with Crippen LogP contribution in [0.15, 0.2) is 6.33 Å². The molecule has 2 fully saturated rings. The third-order valence-corrected chi connectivity index (χ3v) is 4.99. The molecular formula is C18H25ClN6O2. The van der Waals surface area contributed by atoms with E-state index in [2.05, 4.69) is 24.8 Å². The Morgan fingerprint density at radius 3 is 2.56 bits per heavy atom. The highest BCUT2D eigenvalue weighted by Crippen LogP contribution is 2.31. The minimum absolute atomic E-state index is 0.216. The summed E-state index contributed by atoms with van der Waals surface area (Å²) < 4.78 is 7.53. The highest BCUT2D eigenvalue weighted by atomic mass is 35.5. The minimum atomic E-state index is -0.479. The number of aromatic nitrogens is 4. The van der Waals surface area contributed by atoms with E-state index in [1.807, 2.05) is 27.1 Å². The molecule has 146 valence electrons. The molecule has 3 heterocycles. The summed E-state index contributed by atoms with van der Waals surface area (Å²) in [6.45, 7) is 6.93. The molecule has 4 rings (SSSR count). The Kier molecular flexibility index (Phi) is 4.61. The van der Waals surface area contributed by atoms with E-state index in [0.29, 0.717) is 24.9 Å². The molecule has 27 heavy (non-hydrogen) atoms. The number of nitrogens with one attached hydrogen (secondary N) is 1. The van der Waals surface area contributed by atoms with Crippen LogP contribution < -0.4 is 5.32 Å². The smallest absolute Gasteiger partial charge is 0.410 e. The predicted molar refractivity (Wildman–Crippen MR) is 103 cm³/mol. The topological polar surface area (TPSA) is 85.2 Å². The summed E-state index contributed by atoms with van der Waals surface area (Å²) in [7, 11) is 0. The first-order valence-electron chi connectivity index (χ1n) is 9.45. The quantitative estimate of drug-likeness (QED) is 0.803. The maximum Gasteiger partial charge on any atom is 0.410 e. The zero-order chi connectivity index (χ0) is 19.2. The summed E-state index contributed by atoms with van der Waals surface area (Å²) in [6.07, 6.45) is 5.48. The molecule has 1 aliphatic heterocycles. The van der Waals surface area contributed by atoms with Crippen molar-refractivity contribution in [2.24, 2.45) is 0 Å². The van der Waals surface area contributed by atoms with Crippen LogP contribution in [0.1, 0.15) is 52.5 Å². The first-order valence-corrected chi connectivity index (χ1v) is 9.82. The van der Waals surface area contributed by atoms with Crippen molar-refractivity contribution in [1.82, 2.24) is 24.4 Å². The largest absolute Gasteiger partial charge is 0.444 e. The van der Waals surface area contributed by atoms with Gasteiger partial charge in [0, 0.05) is 25.2 Å². The highest BCUT2D eigenvalue weighted by Gasteiger charge is 2.29. The molecule has 1 aliphatic carbocycles. The lowest BCUT2D eigenvalue weighted by Crippen LogP contribution is -2.42. The monoisotopic (exact) mass is 392 g/mol. The van der Waals surface area contributed by atoms with E-state index in [4.69, 9.17) is 16.3 Å². The summed E-state index contributed by atoms with van der Waals surface area (Å²) in [5.41, 5.74) is 1.02. The number of amides is 1. The average Bonchev–Trinajstić information content (AvgIpc) is 3.30. The van der Waals surface area contributed by atoms with Gasteiger partial charge in [0.2, 0.25) is 5.28 Å². The van der Waals surface area contributed by atoms with Crippen molar-refractivity contribution in [3.63, 3.8) is 0 Å². The van der Waals surface area contributed by atoms with Gasteiger partial charge in [-0.15, -0.1) is 0 Å². The second kappa shape index (κ2) is 6.82. The highest BCUT2D eigenvalue weighted by molar-refractivity contribution is 6.28. The number of fused-ring (bicyclic) bond motifs is 1. The van der Waals surface area contributed by atoms with Crippen molar-refractivity contribution in [2.45, 2.75) is 64.1 Å². The molecule has 1 saturated carbocycles. The fourth-order valence-corrected chi connectivity index (χ4v) is 3.50. The van der Waals surface area contributed by atoms with Gasteiger partial charge in [0.1, 0.15) is 5.60 Å². The van der Waals surface area contributed by atoms with Gasteiger partial charge in [0.05, 0.1) is 6.33 Å². The molecule has 0 aromatic carbocycles. The molecule has 1 N–H and O–H groups in total. The fourth-order valence-electron chi connectivity index (χ4n) is 3.33. The Hall–Kier alpha value is -2.09. The van der Waals surface area contributed by atoms with Crippen LogP contribution in [0.4, 0.5) is 10.6 Å². The molecule has 1 saturated heterocycles. The van der Waals surface area contributed by atoms with Crippen LogP contribution in [0.3, 0.4) is 0 Å². The molecule has 0 bridgehead atoms. The lowest BCUT2D eigenvalue weighted by Gasteiger charge is -2.33. The Balaban J connectivity index is 1.49. The van der Waals surface area contributed by atoms with Crippen molar-refractivity contribution < 1.29 is 9.53 Å². The maximum atomic E-state index is 12.3. The summed E-state index contributed by atoms with van der Waals surface area (Å²) in [5, 5.41) is 3.60. The third-order valence-electron chi connectivity index (χ3n) is 4.82. The number of likely N-dealkylation sites (tertiary alicyclic amines) is 1. The van der Waals surface area contributed by atoms with Crippen LogP contribution in [0.25, 0.3) is 11.2 Å². The van der Waals surface area contributed by atoms with Crippen LogP contribution in [0, 0.1) is 0 Å². The van der Waals surface area contributed by atoms with E-state index in [9.17, 15) is 4.79 Å². The van der Waals surface area contributed by atoms with Crippen LogP contribution >= 0.6 is 11.6 Å². The molecule has 0 atom stereocenters. The van der Waals surface area contributed by atoms with Crippen molar-refractivity contribution >= 4 is 34.7 Å². The molecule has 2 aromatic heterocycles. The summed E-state index contributed by atoms with van der Waals surface area (Å²) in [6, 6.07) is 0.676. The van der Waals surface area contributed by atoms with E-state index in [-0.39, 0.29) is 17.4 Å². The normalized spacial score (nSPS) is 18.7. The Labute approximate surface area is 163 Å². The van der Waals surface area contributed by atoms with Gasteiger partial charge in [0.25, 0.3) is 0 Å². The lowest BCUT2D eigenvalue weighted by atomic mass is 10.1. The zero-order valence-electron chi connectivity index (χ0n) is 15.9. The number of halogens is 1. The van der Waals surface area contributed by atoms with Crippen LogP contribution in [-0.2, 0) is 4.74 Å². The SMILES string of the molecule is CC(C)(C)OC(=O)N1CCC(n2cnc3c(NC4CC4)nc(Cl)nc32)CC1. The lowest BCUT2D eigenvalue weighted by molar-refractivity contribution is 0.0189. The molecule has 0 spiro atoms. The molecule has 8 nitrogen and oxygen atoms in total. The minimum Gasteiger partial charge on any atom is -0.444 e. The maximum absolute atomic E-state index is 12.3. The number of imidazole rings is 1. The summed E-state index contributed by atoms with van der Waals surface area (Å²) >= 11 is 6.15. The number of hydrogen-bond acceptors (Lipinski definition) is 6. The summed E-state index contributed by atoms with van der Waals surface area (Å²) in [5.74, 6) is 0.706. The van der Waals surface area contributed by atoms with Gasteiger partial charge < -0.3 is 19.5 Å². The third kappa shape index (κ3) is 4.10. The van der Waals surface area contributed by atoms with Gasteiger partial charge in [-0.05, 0) is 58.1 Å². The Morgan fingerprint density at radius 2 is 1.93 bits per heavy atom. The molecule has 0 unspecified atom stereocenters. The van der Waals surface area contributed by atoms with Crippen LogP contribution in [-0.4, -0.2) is 55.2 Å². The molecular weight excluding hydrogens is 368 g/mol. The first-order chi connectivity index (χ1) is 12.8. The van der Waals surface area contributed by atoms with E-state index in [1.165, 1.54) is 0 Å². The molecule has 9 heteroatoms. The van der Waals surface area contributed by atoms with Crippen molar-refractivity contribution in [3.8, 4) is 0 Å². The summed E-state index contributed by atoms with van der Waals surface area (Å²) in [4.78, 5) is 27.3. The second-order valence-corrected chi connectivity index (χ2v) is 8.62. The number of rotatable bonds is 3. The van der Waals surface area contributed by atoms with E-state index >= 15 is 0 Å². The number of carbonyl (C=O) groups excluding carboxylic acids is 1. The second-order valence-electron chi connectivity index (χ2n) is 8.28. The van der Waals surface area contributed by atoms with Crippen LogP contribution in [0.2, 0.25) is 5.28 Å². The standard InChI is InChI=1S/C18H25ClN6O2/c1-18(2,3)27-17(26)24-8-6-12(7-9-24)25-10-20-13-14(21-11-4-5-11)22-16(19)23-15(13)25/h10-12H,4-9H2,1-3H3,(H,21,22,23). The van der Waals surface area contributed by atoms with E-state index < -0.39 is 5.60 Å².